The number of aliphatic hydroxyl groups is 1. The van der Waals surface area contributed by atoms with Crippen molar-refractivity contribution in [2.45, 2.75) is 51.2 Å². The highest BCUT2D eigenvalue weighted by atomic mass is 16.5. The number of unbranched alkanes of at least 4 members (excludes halogenated alkanes) is 1. The molecule has 0 aromatic carbocycles. The minimum absolute atomic E-state index is 0.249. The molecule has 0 aromatic rings. The average molecular weight is 315 g/mol. The van der Waals surface area contributed by atoms with Crippen molar-refractivity contribution in [2.24, 2.45) is 5.92 Å². The van der Waals surface area contributed by atoms with Gasteiger partial charge in [0.25, 0.3) is 5.91 Å². The van der Waals surface area contributed by atoms with E-state index >= 15 is 0 Å². The van der Waals surface area contributed by atoms with E-state index in [9.17, 15) is 19.5 Å². The number of rotatable bonds is 7. The average Bonchev–Trinajstić information content (AvgIpc) is 3.02. The minimum Gasteiger partial charge on any atom is -0.382 e. The fraction of sp³-hybridized carbons (Fsp3) is 0.786. The fourth-order valence-corrected chi connectivity index (χ4v) is 2.77. The van der Waals surface area contributed by atoms with Crippen molar-refractivity contribution in [3.05, 3.63) is 0 Å². The van der Waals surface area contributed by atoms with E-state index in [2.05, 4.69) is 5.32 Å². The molecule has 22 heavy (non-hydrogen) atoms. The molecule has 3 unspecified atom stereocenters. The van der Waals surface area contributed by atoms with Crippen LogP contribution in [0, 0.1) is 5.92 Å². The van der Waals surface area contributed by atoms with Crippen molar-refractivity contribution < 1.29 is 24.7 Å². The second-order valence-electron chi connectivity index (χ2n) is 5.47. The lowest BCUT2D eigenvalue weighted by Gasteiger charge is -2.29. The number of nitrogens with one attached hydrogen (secondary N) is 2. The lowest BCUT2D eigenvalue weighted by molar-refractivity contribution is -0.152. The van der Waals surface area contributed by atoms with Crippen LogP contribution in [-0.2, 0) is 14.4 Å². The van der Waals surface area contributed by atoms with Crippen LogP contribution in [0.5, 0.6) is 0 Å². The van der Waals surface area contributed by atoms with Gasteiger partial charge in [-0.25, -0.2) is 5.48 Å². The number of amides is 3. The molecule has 1 aliphatic heterocycles. The second-order valence-corrected chi connectivity index (χ2v) is 5.47. The molecule has 1 rings (SSSR count). The SMILES string of the molecule is CCCCC(C(=O)N1CCCC1C(=O)NC)C(O)C(=O)NO. The summed E-state index contributed by atoms with van der Waals surface area (Å²) in [6.45, 7) is 2.36. The zero-order chi connectivity index (χ0) is 16.7. The first-order chi connectivity index (χ1) is 10.5. The normalized spacial score (nSPS) is 20.4. The van der Waals surface area contributed by atoms with Gasteiger partial charge in [0.05, 0.1) is 5.92 Å². The minimum atomic E-state index is -1.63. The van der Waals surface area contributed by atoms with Gasteiger partial charge in [-0.3, -0.25) is 19.6 Å². The van der Waals surface area contributed by atoms with E-state index in [4.69, 9.17) is 5.21 Å². The Morgan fingerprint density at radius 3 is 2.59 bits per heavy atom. The number of likely N-dealkylation sites (tertiary alicyclic amines) is 1. The van der Waals surface area contributed by atoms with Gasteiger partial charge < -0.3 is 15.3 Å². The van der Waals surface area contributed by atoms with Gasteiger partial charge in [0.2, 0.25) is 11.8 Å². The molecule has 0 radical (unpaired) electrons. The van der Waals surface area contributed by atoms with Crippen molar-refractivity contribution in [3.8, 4) is 0 Å². The first-order valence-corrected chi connectivity index (χ1v) is 7.62. The van der Waals surface area contributed by atoms with Crippen molar-refractivity contribution in [1.82, 2.24) is 15.7 Å². The molecule has 0 saturated carbocycles. The Bertz CT molecular complexity index is 415. The largest absolute Gasteiger partial charge is 0.382 e. The van der Waals surface area contributed by atoms with Crippen LogP contribution < -0.4 is 10.8 Å². The van der Waals surface area contributed by atoms with Crippen LogP contribution in [0.1, 0.15) is 39.0 Å². The zero-order valence-corrected chi connectivity index (χ0v) is 13.0. The van der Waals surface area contributed by atoms with Crippen LogP contribution in [0.3, 0.4) is 0 Å². The van der Waals surface area contributed by atoms with E-state index in [0.29, 0.717) is 32.2 Å². The smallest absolute Gasteiger partial charge is 0.272 e. The monoisotopic (exact) mass is 315 g/mol. The van der Waals surface area contributed by atoms with Gasteiger partial charge >= 0.3 is 0 Å². The summed E-state index contributed by atoms with van der Waals surface area (Å²) in [6, 6.07) is -0.564. The van der Waals surface area contributed by atoms with E-state index in [1.165, 1.54) is 17.4 Å². The molecule has 3 amide bonds. The maximum atomic E-state index is 12.7. The van der Waals surface area contributed by atoms with Crippen LogP contribution in [0.25, 0.3) is 0 Å². The molecule has 1 aliphatic rings. The molecule has 0 aromatic heterocycles. The van der Waals surface area contributed by atoms with Gasteiger partial charge in [0.15, 0.2) is 0 Å². The first-order valence-electron chi connectivity index (χ1n) is 7.62. The van der Waals surface area contributed by atoms with Gasteiger partial charge in [-0.2, -0.15) is 0 Å². The molecule has 8 nitrogen and oxygen atoms in total. The van der Waals surface area contributed by atoms with Crippen molar-refractivity contribution >= 4 is 17.7 Å². The summed E-state index contributed by atoms with van der Waals surface area (Å²) in [5.41, 5.74) is 1.37. The summed E-state index contributed by atoms with van der Waals surface area (Å²) in [7, 11) is 1.51. The molecule has 1 heterocycles. The summed E-state index contributed by atoms with van der Waals surface area (Å²) < 4.78 is 0. The van der Waals surface area contributed by atoms with Crippen molar-refractivity contribution in [2.75, 3.05) is 13.6 Å². The van der Waals surface area contributed by atoms with Gasteiger partial charge in [0.1, 0.15) is 12.1 Å². The Labute approximate surface area is 129 Å². The highest BCUT2D eigenvalue weighted by molar-refractivity contribution is 5.92. The van der Waals surface area contributed by atoms with E-state index < -0.39 is 29.9 Å². The molecular formula is C14H25N3O5. The first kappa shape index (κ1) is 18.4. The number of carbonyl (C=O) groups excluding carboxylic acids is 3. The van der Waals surface area contributed by atoms with Gasteiger partial charge in [-0.15, -0.1) is 0 Å². The molecule has 0 bridgehead atoms. The lowest BCUT2D eigenvalue weighted by Crippen LogP contribution is -2.51. The summed E-state index contributed by atoms with van der Waals surface area (Å²) in [4.78, 5) is 37.4. The fourth-order valence-electron chi connectivity index (χ4n) is 2.77. The molecule has 4 N–H and O–H groups in total. The van der Waals surface area contributed by atoms with E-state index in [1.807, 2.05) is 6.92 Å². The standard InChI is InChI=1S/C14H25N3O5/c1-3-4-6-9(11(18)13(20)16-22)14(21)17-8-5-7-10(17)12(19)15-2/h9-11,18,22H,3-8H2,1-2H3,(H,15,19)(H,16,20). The van der Waals surface area contributed by atoms with E-state index in [0.717, 1.165) is 6.42 Å². The number of hydroxylamine groups is 1. The summed E-state index contributed by atoms with van der Waals surface area (Å²) >= 11 is 0. The lowest BCUT2D eigenvalue weighted by atomic mass is 9.93. The Balaban J connectivity index is 2.90. The molecule has 0 spiro atoms. The van der Waals surface area contributed by atoms with Gasteiger partial charge in [-0.05, 0) is 19.3 Å². The summed E-state index contributed by atoms with van der Waals surface area (Å²) in [6.07, 6.45) is 1.41. The maximum absolute atomic E-state index is 12.7. The zero-order valence-electron chi connectivity index (χ0n) is 13.0. The Morgan fingerprint density at radius 2 is 2.05 bits per heavy atom. The molecule has 0 aliphatic carbocycles. The predicted octanol–water partition coefficient (Wildman–Crippen LogP) is -0.604. The van der Waals surface area contributed by atoms with E-state index in [-0.39, 0.29) is 5.91 Å². The van der Waals surface area contributed by atoms with Crippen molar-refractivity contribution in [3.63, 3.8) is 0 Å². The molecule has 1 fully saturated rings. The maximum Gasteiger partial charge on any atom is 0.272 e. The summed E-state index contributed by atoms with van der Waals surface area (Å²) in [5.74, 6) is -2.64. The number of likely N-dealkylation sites (N-methyl/N-ethyl adjacent to an activating group) is 1. The van der Waals surface area contributed by atoms with Crippen LogP contribution in [-0.4, -0.2) is 58.7 Å². The quantitative estimate of drug-likeness (QED) is 0.369. The second kappa shape index (κ2) is 8.70. The van der Waals surface area contributed by atoms with Gasteiger partial charge in [-0.1, -0.05) is 19.8 Å². The molecular weight excluding hydrogens is 290 g/mol. The highest BCUT2D eigenvalue weighted by Gasteiger charge is 2.40. The topological polar surface area (TPSA) is 119 Å². The Morgan fingerprint density at radius 1 is 1.36 bits per heavy atom. The molecule has 8 heteroatoms. The third-order valence-electron chi connectivity index (χ3n) is 4.03. The number of carbonyl (C=O) groups is 3. The van der Waals surface area contributed by atoms with Crippen LogP contribution in [0.4, 0.5) is 0 Å². The molecule has 3 atom stereocenters. The number of aliphatic hydroxyl groups excluding tert-OH is 1. The van der Waals surface area contributed by atoms with Crippen LogP contribution in [0.2, 0.25) is 0 Å². The molecule has 1 saturated heterocycles. The number of nitrogens with zero attached hydrogens (tertiary/aromatic N) is 1. The van der Waals surface area contributed by atoms with Crippen molar-refractivity contribution in [1.29, 1.82) is 0 Å². The van der Waals surface area contributed by atoms with Crippen LogP contribution >= 0.6 is 0 Å². The van der Waals surface area contributed by atoms with Crippen LogP contribution in [0.15, 0.2) is 0 Å². The summed E-state index contributed by atoms with van der Waals surface area (Å²) in [5, 5.41) is 21.2. The highest BCUT2D eigenvalue weighted by Crippen LogP contribution is 2.24. The molecule has 126 valence electrons. The Kier molecular flexibility index (Phi) is 7.26. The third kappa shape index (κ3) is 4.17. The predicted molar refractivity (Wildman–Crippen MR) is 77.8 cm³/mol. The number of hydrogen-bond donors (Lipinski definition) is 4. The Hall–Kier alpha value is -1.67. The van der Waals surface area contributed by atoms with E-state index in [1.54, 1.807) is 0 Å². The third-order valence-corrected chi connectivity index (χ3v) is 4.03. The number of hydrogen-bond acceptors (Lipinski definition) is 5. The van der Waals surface area contributed by atoms with Gasteiger partial charge in [0, 0.05) is 13.6 Å².